The van der Waals surface area contributed by atoms with Gasteiger partial charge in [0.15, 0.2) is 0 Å². The largest absolute Gasteiger partial charge is 0.376 e. The van der Waals surface area contributed by atoms with Gasteiger partial charge in [-0.2, -0.15) is 0 Å². The van der Waals surface area contributed by atoms with Gasteiger partial charge in [-0.05, 0) is 63.8 Å². The highest BCUT2D eigenvalue weighted by Gasteiger charge is 2.36. The number of halogens is 1. The van der Waals surface area contributed by atoms with Gasteiger partial charge < -0.3 is 15.0 Å². The summed E-state index contributed by atoms with van der Waals surface area (Å²) in [5, 5.41) is 2.92. The normalized spacial score (nSPS) is 17.9. The first-order chi connectivity index (χ1) is 14.8. The molecule has 0 radical (unpaired) electrons. The molecule has 2 N–H and O–H groups in total. The minimum Gasteiger partial charge on any atom is -0.376 e. The smallest absolute Gasteiger partial charge is 0.243 e. The van der Waals surface area contributed by atoms with Crippen molar-refractivity contribution in [1.29, 1.82) is 0 Å². The zero-order valence-electron chi connectivity index (χ0n) is 19.4. The van der Waals surface area contributed by atoms with E-state index in [1.54, 1.807) is 0 Å². The molecule has 1 aliphatic rings. The summed E-state index contributed by atoms with van der Waals surface area (Å²) in [6.45, 7) is 9.49. The second-order valence-corrected chi connectivity index (χ2v) is 11.2. The molecule has 8 nitrogen and oxygen atoms in total. The molecule has 0 unspecified atom stereocenters. The maximum absolute atomic E-state index is 13.2. The molecule has 0 saturated carbocycles. The van der Waals surface area contributed by atoms with E-state index >= 15 is 0 Å². The van der Waals surface area contributed by atoms with Gasteiger partial charge in [-0.1, -0.05) is 13.8 Å². The summed E-state index contributed by atoms with van der Waals surface area (Å²) in [6.07, 6.45) is 1.41. The number of hydrogen-bond acceptors (Lipinski definition) is 5. The number of ether oxygens (including phenoxy) is 1. The van der Waals surface area contributed by atoms with E-state index in [-0.39, 0.29) is 29.4 Å². The minimum atomic E-state index is -4.02. The Morgan fingerprint density at radius 3 is 2.34 bits per heavy atom. The summed E-state index contributed by atoms with van der Waals surface area (Å²) in [5.74, 6) is -1.61. The molecule has 2 amide bonds. The maximum atomic E-state index is 13.2. The molecule has 0 bridgehead atoms. The van der Waals surface area contributed by atoms with Crippen LogP contribution < -0.4 is 10.0 Å². The van der Waals surface area contributed by atoms with Crippen LogP contribution in [0.3, 0.4) is 0 Å². The van der Waals surface area contributed by atoms with Crippen molar-refractivity contribution >= 4 is 21.8 Å². The predicted molar refractivity (Wildman–Crippen MR) is 119 cm³/mol. The van der Waals surface area contributed by atoms with Crippen molar-refractivity contribution in [2.75, 3.05) is 19.7 Å². The molecule has 1 fully saturated rings. The standard InChI is InChI=1S/C22H34FN3O5S/c1-15(2)20(21(28)25-22(3,4)5)26(14-17-7-6-12-31-17)19(27)13-24-32(29,30)18-10-8-16(23)9-11-18/h8-11,15,17,20,24H,6-7,12-14H2,1-5H3,(H,25,28)/t17-,20-/m0/s1. The molecule has 10 heteroatoms. The fourth-order valence-corrected chi connectivity index (χ4v) is 4.56. The van der Waals surface area contributed by atoms with Crippen LogP contribution in [0, 0.1) is 11.7 Å². The van der Waals surface area contributed by atoms with Crippen molar-refractivity contribution in [1.82, 2.24) is 14.9 Å². The number of amides is 2. The topological polar surface area (TPSA) is 105 Å². The lowest BCUT2D eigenvalue weighted by Gasteiger charge is -2.36. The van der Waals surface area contributed by atoms with Crippen LogP contribution in [0.5, 0.6) is 0 Å². The van der Waals surface area contributed by atoms with Gasteiger partial charge in [0.25, 0.3) is 0 Å². The first-order valence-electron chi connectivity index (χ1n) is 10.8. The summed E-state index contributed by atoms with van der Waals surface area (Å²) in [7, 11) is -4.02. The van der Waals surface area contributed by atoms with Gasteiger partial charge in [-0.25, -0.2) is 17.5 Å². The Morgan fingerprint density at radius 1 is 1.22 bits per heavy atom. The zero-order chi connectivity index (χ0) is 24.1. The minimum absolute atomic E-state index is 0.150. The highest BCUT2D eigenvalue weighted by molar-refractivity contribution is 7.89. The fraction of sp³-hybridized carbons (Fsp3) is 0.636. The van der Waals surface area contributed by atoms with E-state index < -0.39 is 39.9 Å². The maximum Gasteiger partial charge on any atom is 0.243 e. The third-order valence-electron chi connectivity index (χ3n) is 5.02. The lowest BCUT2D eigenvalue weighted by atomic mass is 9.98. The van der Waals surface area contributed by atoms with Crippen LogP contribution in [0.1, 0.15) is 47.5 Å². The van der Waals surface area contributed by atoms with Gasteiger partial charge >= 0.3 is 0 Å². The van der Waals surface area contributed by atoms with E-state index in [2.05, 4.69) is 10.0 Å². The highest BCUT2D eigenvalue weighted by Crippen LogP contribution is 2.19. The summed E-state index contributed by atoms with van der Waals surface area (Å²) in [6, 6.07) is 3.53. The molecule has 2 rings (SSSR count). The van der Waals surface area contributed by atoms with E-state index in [0.717, 1.165) is 37.1 Å². The van der Waals surface area contributed by atoms with Crippen LogP contribution >= 0.6 is 0 Å². The van der Waals surface area contributed by atoms with Crippen molar-refractivity contribution in [3.8, 4) is 0 Å². The molecule has 0 aromatic heterocycles. The summed E-state index contributed by atoms with van der Waals surface area (Å²) in [4.78, 5) is 27.5. The number of rotatable bonds is 9. The highest BCUT2D eigenvalue weighted by atomic mass is 32.2. The number of nitrogens with one attached hydrogen (secondary N) is 2. The second kappa shape index (κ2) is 10.7. The molecular formula is C22H34FN3O5S. The molecule has 1 heterocycles. The van der Waals surface area contributed by atoms with Crippen LogP contribution in [-0.2, 0) is 24.3 Å². The summed E-state index contributed by atoms with van der Waals surface area (Å²) >= 11 is 0. The van der Waals surface area contributed by atoms with Crippen molar-refractivity contribution in [3.63, 3.8) is 0 Å². The lowest BCUT2D eigenvalue weighted by molar-refractivity contribution is -0.143. The van der Waals surface area contributed by atoms with Gasteiger partial charge in [0.1, 0.15) is 11.9 Å². The van der Waals surface area contributed by atoms with Gasteiger partial charge in [-0.3, -0.25) is 9.59 Å². The first kappa shape index (κ1) is 26.2. The zero-order valence-corrected chi connectivity index (χ0v) is 20.2. The third kappa shape index (κ3) is 7.53. The molecule has 1 saturated heterocycles. The second-order valence-electron chi connectivity index (χ2n) is 9.39. The number of carbonyl (C=O) groups excluding carboxylic acids is 2. The molecule has 2 atom stereocenters. The molecule has 1 aliphatic heterocycles. The fourth-order valence-electron chi connectivity index (χ4n) is 3.58. The summed E-state index contributed by atoms with van der Waals surface area (Å²) < 4.78 is 46.1. The monoisotopic (exact) mass is 471 g/mol. The number of nitrogens with zero attached hydrogens (tertiary/aromatic N) is 1. The quantitative estimate of drug-likeness (QED) is 0.574. The van der Waals surface area contributed by atoms with E-state index in [1.807, 2.05) is 34.6 Å². The summed E-state index contributed by atoms with van der Waals surface area (Å²) in [5.41, 5.74) is -0.493. The molecule has 180 valence electrons. The van der Waals surface area contributed by atoms with Crippen LogP contribution in [0.25, 0.3) is 0 Å². The van der Waals surface area contributed by atoms with Gasteiger partial charge in [0.05, 0.1) is 17.5 Å². The van der Waals surface area contributed by atoms with Crippen LogP contribution in [0.2, 0.25) is 0 Å². The third-order valence-corrected chi connectivity index (χ3v) is 6.43. The van der Waals surface area contributed by atoms with Crippen molar-refractivity contribution < 1.29 is 27.1 Å². The van der Waals surface area contributed by atoms with Crippen LogP contribution in [-0.4, -0.2) is 62.5 Å². The van der Waals surface area contributed by atoms with Gasteiger partial charge in [-0.15, -0.1) is 0 Å². The predicted octanol–water partition coefficient (Wildman–Crippen LogP) is 2.05. The number of benzene rings is 1. The van der Waals surface area contributed by atoms with Crippen molar-refractivity contribution in [3.05, 3.63) is 30.1 Å². The Bertz CT molecular complexity index is 891. The number of carbonyl (C=O) groups is 2. The Hall–Kier alpha value is -2.04. The molecular weight excluding hydrogens is 437 g/mol. The Balaban J connectivity index is 2.22. The molecule has 0 aliphatic carbocycles. The molecule has 0 spiro atoms. The van der Waals surface area contributed by atoms with Crippen molar-refractivity contribution in [2.45, 2.75) is 70.0 Å². The van der Waals surface area contributed by atoms with E-state index in [0.29, 0.717) is 6.61 Å². The average Bonchev–Trinajstić information content (AvgIpc) is 3.17. The molecule has 1 aromatic carbocycles. The Kier molecular flexibility index (Phi) is 8.78. The average molecular weight is 472 g/mol. The van der Waals surface area contributed by atoms with Crippen molar-refractivity contribution in [2.24, 2.45) is 5.92 Å². The van der Waals surface area contributed by atoms with E-state index in [4.69, 9.17) is 4.74 Å². The number of sulfonamides is 1. The SMILES string of the molecule is CC(C)[C@@H](C(=O)NC(C)(C)C)N(C[C@@H]1CCCO1)C(=O)CNS(=O)(=O)c1ccc(F)cc1. The Labute approximate surface area is 189 Å². The van der Waals surface area contributed by atoms with Crippen LogP contribution in [0.15, 0.2) is 29.2 Å². The van der Waals surface area contributed by atoms with E-state index in [9.17, 15) is 22.4 Å². The molecule has 1 aromatic rings. The lowest BCUT2D eigenvalue weighted by Crippen LogP contribution is -2.58. The first-order valence-corrected chi connectivity index (χ1v) is 12.3. The number of hydrogen-bond donors (Lipinski definition) is 2. The molecule has 32 heavy (non-hydrogen) atoms. The van der Waals surface area contributed by atoms with Gasteiger partial charge in [0, 0.05) is 18.7 Å². The van der Waals surface area contributed by atoms with Gasteiger partial charge in [0.2, 0.25) is 21.8 Å². The Morgan fingerprint density at radius 2 is 1.84 bits per heavy atom. The van der Waals surface area contributed by atoms with Crippen LogP contribution in [0.4, 0.5) is 4.39 Å². The van der Waals surface area contributed by atoms with E-state index in [1.165, 1.54) is 4.90 Å².